The number of sulfonamides is 1. The Morgan fingerprint density at radius 2 is 1.76 bits per heavy atom. The molecule has 0 atom stereocenters. The molecular formula is C19H19ClN4O4S. The SMILES string of the molecule is CN(Cc1nc(-c2ccccc2Cl)no1)C(=O)c1ccccc1N(C)S(C)(=O)=O. The number of carbonyl (C=O) groups is 1. The van der Waals surface area contributed by atoms with E-state index in [1.807, 2.05) is 6.07 Å². The third-order valence-electron chi connectivity index (χ3n) is 4.27. The number of nitrogens with zero attached hydrogens (tertiary/aromatic N) is 4. The van der Waals surface area contributed by atoms with Gasteiger partial charge in [0.05, 0.1) is 29.1 Å². The summed E-state index contributed by atoms with van der Waals surface area (Å²) in [5.74, 6) is 0.168. The van der Waals surface area contributed by atoms with Crippen LogP contribution in [0.4, 0.5) is 5.69 Å². The van der Waals surface area contributed by atoms with Gasteiger partial charge in [-0.25, -0.2) is 8.42 Å². The van der Waals surface area contributed by atoms with Crippen LogP contribution in [-0.4, -0.2) is 49.7 Å². The molecule has 0 aliphatic rings. The average Bonchev–Trinajstić information content (AvgIpc) is 3.14. The zero-order valence-corrected chi connectivity index (χ0v) is 17.6. The molecule has 152 valence electrons. The van der Waals surface area contributed by atoms with Gasteiger partial charge >= 0.3 is 0 Å². The monoisotopic (exact) mass is 434 g/mol. The van der Waals surface area contributed by atoms with E-state index in [2.05, 4.69) is 10.1 Å². The largest absolute Gasteiger partial charge is 0.337 e. The van der Waals surface area contributed by atoms with Gasteiger partial charge in [0.2, 0.25) is 21.7 Å². The Balaban J connectivity index is 1.82. The van der Waals surface area contributed by atoms with Crippen LogP contribution in [0.5, 0.6) is 0 Å². The van der Waals surface area contributed by atoms with E-state index in [9.17, 15) is 13.2 Å². The van der Waals surface area contributed by atoms with Crippen LogP contribution in [-0.2, 0) is 16.6 Å². The van der Waals surface area contributed by atoms with E-state index in [1.54, 1.807) is 49.5 Å². The van der Waals surface area contributed by atoms with Crippen molar-refractivity contribution < 1.29 is 17.7 Å². The van der Waals surface area contributed by atoms with E-state index in [1.165, 1.54) is 11.9 Å². The smallest absolute Gasteiger partial charge is 0.256 e. The first kappa shape index (κ1) is 20.8. The molecule has 0 unspecified atom stereocenters. The number of para-hydroxylation sites is 1. The summed E-state index contributed by atoms with van der Waals surface area (Å²) in [7, 11) is -0.552. The van der Waals surface area contributed by atoms with Crippen LogP contribution < -0.4 is 4.31 Å². The second-order valence-corrected chi connectivity index (χ2v) is 8.82. The molecule has 3 aromatic rings. The van der Waals surface area contributed by atoms with Crippen molar-refractivity contribution in [3.05, 3.63) is 65.0 Å². The van der Waals surface area contributed by atoms with Gasteiger partial charge in [0.25, 0.3) is 5.91 Å². The molecule has 2 aromatic carbocycles. The molecule has 10 heteroatoms. The number of aromatic nitrogens is 2. The van der Waals surface area contributed by atoms with Crippen LogP contribution >= 0.6 is 11.6 Å². The Morgan fingerprint density at radius 1 is 1.10 bits per heavy atom. The minimum Gasteiger partial charge on any atom is -0.337 e. The van der Waals surface area contributed by atoms with Crippen molar-refractivity contribution in [1.29, 1.82) is 0 Å². The summed E-state index contributed by atoms with van der Waals surface area (Å²) in [5, 5.41) is 4.40. The molecule has 0 fully saturated rings. The van der Waals surface area contributed by atoms with Crippen LogP contribution in [0.1, 0.15) is 16.2 Å². The molecule has 0 aliphatic carbocycles. The van der Waals surface area contributed by atoms with E-state index in [-0.39, 0.29) is 29.6 Å². The molecule has 0 saturated carbocycles. The van der Waals surface area contributed by atoms with E-state index in [4.69, 9.17) is 16.1 Å². The fraction of sp³-hybridized carbons (Fsp3) is 0.211. The molecule has 0 bridgehead atoms. The zero-order valence-electron chi connectivity index (χ0n) is 16.0. The average molecular weight is 435 g/mol. The standard InChI is InChI=1S/C19H19ClN4O4S/c1-23(12-17-21-18(22-28-17)13-8-4-6-10-15(13)20)19(25)14-9-5-7-11-16(14)24(2)29(3,26)27/h4-11H,12H2,1-3H3. The molecule has 1 aromatic heterocycles. The Morgan fingerprint density at radius 3 is 2.45 bits per heavy atom. The molecule has 29 heavy (non-hydrogen) atoms. The van der Waals surface area contributed by atoms with Crippen LogP contribution in [0.3, 0.4) is 0 Å². The first-order valence-electron chi connectivity index (χ1n) is 8.54. The predicted molar refractivity (Wildman–Crippen MR) is 110 cm³/mol. The van der Waals surface area contributed by atoms with Crippen LogP contribution in [0.25, 0.3) is 11.4 Å². The molecule has 0 N–H and O–H groups in total. The van der Waals surface area contributed by atoms with Gasteiger partial charge in [-0.2, -0.15) is 4.98 Å². The van der Waals surface area contributed by atoms with Crippen molar-refractivity contribution in [2.75, 3.05) is 24.7 Å². The van der Waals surface area contributed by atoms with Crippen LogP contribution in [0.2, 0.25) is 5.02 Å². The van der Waals surface area contributed by atoms with E-state index in [0.29, 0.717) is 16.4 Å². The molecule has 3 rings (SSSR count). The normalized spacial score (nSPS) is 11.3. The number of carbonyl (C=O) groups excluding carboxylic acids is 1. The summed E-state index contributed by atoms with van der Waals surface area (Å²) in [6.07, 6.45) is 1.08. The highest BCUT2D eigenvalue weighted by molar-refractivity contribution is 7.92. The Kier molecular flexibility index (Phi) is 5.90. The highest BCUT2D eigenvalue weighted by atomic mass is 35.5. The Bertz CT molecular complexity index is 1150. The van der Waals surface area contributed by atoms with Crippen molar-refractivity contribution in [3.8, 4) is 11.4 Å². The van der Waals surface area contributed by atoms with Gasteiger partial charge in [0.1, 0.15) is 0 Å². The van der Waals surface area contributed by atoms with Crippen molar-refractivity contribution >= 4 is 33.2 Å². The number of benzene rings is 2. The molecular weight excluding hydrogens is 416 g/mol. The fourth-order valence-electron chi connectivity index (χ4n) is 2.66. The van der Waals surface area contributed by atoms with E-state index >= 15 is 0 Å². The van der Waals surface area contributed by atoms with Crippen molar-refractivity contribution in [2.45, 2.75) is 6.54 Å². The third-order valence-corrected chi connectivity index (χ3v) is 5.79. The lowest BCUT2D eigenvalue weighted by molar-refractivity contribution is 0.0770. The van der Waals surface area contributed by atoms with E-state index < -0.39 is 10.0 Å². The number of halogens is 1. The second kappa shape index (κ2) is 8.22. The first-order chi connectivity index (χ1) is 13.7. The van der Waals surface area contributed by atoms with Crippen LogP contribution in [0, 0.1) is 0 Å². The van der Waals surface area contributed by atoms with Crippen molar-refractivity contribution in [3.63, 3.8) is 0 Å². The number of anilines is 1. The van der Waals surface area contributed by atoms with Gasteiger partial charge in [0.15, 0.2) is 0 Å². The molecule has 1 heterocycles. The number of hydrogen-bond donors (Lipinski definition) is 0. The Hall–Kier alpha value is -2.91. The molecule has 0 radical (unpaired) electrons. The molecule has 8 nitrogen and oxygen atoms in total. The molecule has 0 aliphatic heterocycles. The summed E-state index contributed by atoms with van der Waals surface area (Å²) < 4.78 is 30.1. The number of amides is 1. The minimum absolute atomic E-state index is 0.0488. The lowest BCUT2D eigenvalue weighted by atomic mass is 10.1. The molecule has 0 saturated heterocycles. The van der Waals surface area contributed by atoms with Gasteiger partial charge in [-0.3, -0.25) is 9.10 Å². The van der Waals surface area contributed by atoms with Gasteiger partial charge < -0.3 is 9.42 Å². The zero-order chi connectivity index (χ0) is 21.2. The maximum Gasteiger partial charge on any atom is 0.256 e. The lowest BCUT2D eigenvalue weighted by Crippen LogP contribution is -2.31. The van der Waals surface area contributed by atoms with Crippen LogP contribution in [0.15, 0.2) is 53.1 Å². The molecule has 0 spiro atoms. The lowest BCUT2D eigenvalue weighted by Gasteiger charge is -2.22. The Labute approximate surface area is 173 Å². The summed E-state index contributed by atoms with van der Waals surface area (Å²) in [6.45, 7) is 0.0488. The van der Waals surface area contributed by atoms with Gasteiger partial charge in [-0.1, -0.05) is 41.0 Å². The third kappa shape index (κ3) is 4.57. The van der Waals surface area contributed by atoms with Crippen molar-refractivity contribution in [2.24, 2.45) is 0 Å². The highest BCUT2D eigenvalue weighted by Crippen LogP contribution is 2.26. The van der Waals surface area contributed by atoms with Gasteiger partial charge in [-0.05, 0) is 24.3 Å². The van der Waals surface area contributed by atoms with Gasteiger partial charge in [0, 0.05) is 19.7 Å². The maximum absolute atomic E-state index is 12.9. The topological polar surface area (TPSA) is 96.6 Å². The quantitative estimate of drug-likeness (QED) is 0.591. The first-order valence-corrected chi connectivity index (χ1v) is 10.8. The molecule has 1 amide bonds. The summed E-state index contributed by atoms with van der Waals surface area (Å²) >= 11 is 6.15. The fourth-order valence-corrected chi connectivity index (χ4v) is 3.40. The van der Waals surface area contributed by atoms with E-state index in [0.717, 1.165) is 10.6 Å². The van der Waals surface area contributed by atoms with Crippen molar-refractivity contribution in [1.82, 2.24) is 15.0 Å². The summed E-state index contributed by atoms with van der Waals surface area (Å²) in [4.78, 5) is 18.6. The number of rotatable bonds is 6. The maximum atomic E-state index is 12.9. The van der Waals surface area contributed by atoms with Gasteiger partial charge in [-0.15, -0.1) is 0 Å². The second-order valence-electron chi connectivity index (χ2n) is 6.40. The minimum atomic E-state index is -3.52. The predicted octanol–water partition coefficient (Wildman–Crippen LogP) is 3.06. The highest BCUT2D eigenvalue weighted by Gasteiger charge is 2.23. The number of hydrogen-bond acceptors (Lipinski definition) is 6. The summed E-state index contributed by atoms with van der Waals surface area (Å²) in [6, 6.07) is 13.6. The summed E-state index contributed by atoms with van der Waals surface area (Å²) in [5.41, 5.74) is 1.15.